The number of carboxylic acids is 1. The smallest absolute Gasteiger partial charge is 0.412 e. The first-order chi connectivity index (χ1) is 7.49. The summed E-state index contributed by atoms with van der Waals surface area (Å²) >= 11 is 0. The summed E-state index contributed by atoms with van der Waals surface area (Å²) in [5, 5.41) is 11.0. The fraction of sp³-hybridized carbons (Fsp3) is 0.273. The molecule has 1 unspecified atom stereocenters. The molecule has 0 radical (unpaired) electrons. The maximum Gasteiger partial charge on any atom is 0.412 e. The van der Waals surface area contributed by atoms with Crippen molar-refractivity contribution in [3.05, 3.63) is 29.8 Å². The van der Waals surface area contributed by atoms with Crippen molar-refractivity contribution in [3.63, 3.8) is 0 Å². The normalized spacial score (nSPS) is 11.6. The van der Waals surface area contributed by atoms with Gasteiger partial charge in [0.25, 0.3) is 0 Å². The van der Waals surface area contributed by atoms with E-state index in [1.807, 2.05) is 19.1 Å². The van der Waals surface area contributed by atoms with Crippen LogP contribution in [0.25, 0.3) is 0 Å². The first kappa shape index (κ1) is 12.0. The van der Waals surface area contributed by atoms with Gasteiger partial charge in [-0.1, -0.05) is 17.7 Å². The molecular weight excluding hydrogens is 210 g/mol. The topological polar surface area (TPSA) is 75.6 Å². The van der Waals surface area contributed by atoms with Crippen LogP contribution in [0.15, 0.2) is 24.3 Å². The van der Waals surface area contributed by atoms with Gasteiger partial charge in [0.1, 0.15) is 0 Å². The third kappa shape index (κ3) is 3.61. The van der Waals surface area contributed by atoms with E-state index in [-0.39, 0.29) is 0 Å². The third-order valence-electron chi connectivity index (χ3n) is 1.93. The minimum atomic E-state index is -1.18. The highest BCUT2D eigenvalue weighted by molar-refractivity contribution is 5.86. The van der Waals surface area contributed by atoms with E-state index in [0.29, 0.717) is 5.69 Å². The van der Waals surface area contributed by atoms with E-state index in [1.54, 1.807) is 12.1 Å². The van der Waals surface area contributed by atoms with Crippen molar-refractivity contribution in [3.8, 4) is 0 Å². The largest absolute Gasteiger partial charge is 0.479 e. The van der Waals surface area contributed by atoms with E-state index < -0.39 is 18.2 Å². The lowest BCUT2D eigenvalue weighted by molar-refractivity contribution is -0.145. The molecule has 0 aromatic heterocycles. The SMILES string of the molecule is Cc1ccc(NC(=O)OC(C)C(=O)O)cc1. The zero-order valence-electron chi connectivity index (χ0n) is 9.06. The average Bonchev–Trinajstić information content (AvgIpc) is 2.21. The number of rotatable bonds is 3. The van der Waals surface area contributed by atoms with Gasteiger partial charge in [-0.2, -0.15) is 0 Å². The van der Waals surface area contributed by atoms with E-state index in [4.69, 9.17) is 5.11 Å². The first-order valence-electron chi connectivity index (χ1n) is 4.76. The minimum absolute atomic E-state index is 0.563. The van der Waals surface area contributed by atoms with Gasteiger partial charge in [0.2, 0.25) is 0 Å². The van der Waals surface area contributed by atoms with Gasteiger partial charge < -0.3 is 9.84 Å². The molecule has 16 heavy (non-hydrogen) atoms. The van der Waals surface area contributed by atoms with Gasteiger partial charge in [-0.15, -0.1) is 0 Å². The monoisotopic (exact) mass is 223 g/mol. The van der Waals surface area contributed by atoms with Crippen LogP contribution in [-0.4, -0.2) is 23.3 Å². The second-order valence-corrected chi connectivity index (χ2v) is 3.38. The summed E-state index contributed by atoms with van der Waals surface area (Å²) in [6.45, 7) is 3.21. The van der Waals surface area contributed by atoms with Gasteiger partial charge in [-0.25, -0.2) is 9.59 Å². The molecule has 1 aromatic carbocycles. The van der Waals surface area contributed by atoms with Gasteiger partial charge in [0.15, 0.2) is 6.10 Å². The average molecular weight is 223 g/mol. The molecule has 0 bridgehead atoms. The molecule has 0 saturated heterocycles. The second-order valence-electron chi connectivity index (χ2n) is 3.38. The van der Waals surface area contributed by atoms with Crippen LogP contribution in [0.2, 0.25) is 0 Å². The molecule has 5 nitrogen and oxygen atoms in total. The summed E-state index contributed by atoms with van der Waals surface area (Å²) in [6.07, 6.45) is -1.94. The van der Waals surface area contributed by atoms with Crippen molar-refractivity contribution in [1.29, 1.82) is 0 Å². The van der Waals surface area contributed by atoms with Crippen molar-refractivity contribution < 1.29 is 19.4 Å². The number of aliphatic carboxylic acids is 1. The lowest BCUT2D eigenvalue weighted by Gasteiger charge is -2.09. The van der Waals surface area contributed by atoms with Gasteiger partial charge in [0.05, 0.1) is 0 Å². The van der Waals surface area contributed by atoms with E-state index in [9.17, 15) is 9.59 Å². The van der Waals surface area contributed by atoms with Crippen LogP contribution in [0, 0.1) is 6.92 Å². The number of nitrogens with one attached hydrogen (secondary N) is 1. The van der Waals surface area contributed by atoms with E-state index in [0.717, 1.165) is 5.56 Å². The Hall–Kier alpha value is -2.04. The molecule has 2 N–H and O–H groups in total. The predicted octanol–water partition coefficient (Wildman–Crippen LogP) is 2.02. The molecule has 0 fully saturated rings. The second kappa shape index (κ2) is 5.16. The Labute approximate surface area is 93.0 Å². The van der Waals surface area contributed by atoms with Crippen molar-refractivity contribution >= 4 is 17.7 Å². The molecule has 86 valence electrons. The maximum atomic E-state index is 11.2. The van der Waals surface area contributed by atoms with Crippen molar-refractivity contribution in [2.24, 2.45) is 0 Å². The highest BCUT2D eigenvalue weighted by atomic mass is 16.6. The molecule has 1 aromatic rings. The number of carboxylic acid groups (broad SMARTS) is 1. The number of carbonyl (C=O) groups excluding carboxylic acids is 1. The van der Waals surface area contributed by atoms with Gasteiger partial charge in [-0.05, 0) is 26.0 Å². The van der Waals surface area contributed by atoms with Crippen molar-refractivity contribution in [2.75, 3.05) is 5.32 Å². The minimum Gasteiger partial charge on any atom is -0.479 e. The molecular formula is C11H13NO4. The molecule has 0 heterocycles. The lowest BCUT2D eigenvalue weighted by atomic mass is 10.2. The van der Waals surface area contributed by atoms with Crippen LogP contribution in [0.4, 0.5) is 10.5 Å². The summed E-state index contributed by atoms with van der Waals surface area (Å²) in [6, 6.07) is 7.08. The Morgan fingerprint density at radius 3 is 2.38 bits per heavy atom. The molecule has 1 rings (SSSR count). The van der Waals surface area contributed by atoms with Crippen LogP contribution < -0.4 is 5.32 Å². The Morgan fingerprint density at radius 1 is 1.31 bits per heavy atom. The van der Waals surface area contributed by atoms with Gasteiger partial charge in [0, 0.05) is 5.69 Å². The number of ether oxygens (including phenoxy) is 1. The van der Waals surface area contributed by atoms with Gasteiger partial charge >= 0.3 is 12.1 Å². The van der Waals surface area contributed by atoms with E-state index >= 15 is 0 Å². The molecule has 1 amide bonds. The zero-order valence-corrected chi connectivity index (χ0v) is 9.06. The highest BCUT2D eigenvalue weighted by Crippen LogP contribution is 2.09. The molecule has 0 aliphatic heterocycles. The number of amides is 1. The lowest BCUT2D eigenvalue weighted by Crippen LogP contribution is -2.26. The molecule has 0 aliphatic rings. The summed E-state index contributed by atoms with van der Waals surface area (Å²) < 4.78 is 4.60. The quantitative estimate of drug-likeness (QED) is 0.821. The number of anilines is 1. The Bertz CT molecular complexity index is 385. The summed E-state index contributed by atoms with van der Waals surface area (Å²) in [5.74, 6) is -1.18. The van der Waals surface area contributed by atoms with Crippen LogP contribution >= 0.6 is 0 Å². The maximum absolute atomic E-state index is 11.2. The Morgan fingerprint density at radius 2 is 1.88 bits per heavy atom. The van der Waals surface area contributed by atoms with Crippen LogP contribution in [0.5, 0.6) is 0 Å². The standard InChI is InChI=1S/C11H13NO4/c1-7-3-5-9(6-4-7)12-11(15)16-8(2)10(13)14/h3-6,8H,1-2H3,(H,12,15)(H,13,14). The number of hydrogen-bond acceptors (Lipinski definition) is 3. The highest BCUT2D eigenvalue weighted by Gasteiger charge is 2.15. The van der Waals surface area contributed by atoms with E-state index in [1.165, 1.54) is 6.92 Å². The summed E-state index contributed by atoms with van der Waals surface area (Å²) in [5.41, 5.74) is 1.63. The number of benzene rings is 1. The van der Waals surface area contributed by atoms with Gasteiger partial charge in [-0.3, -0.25) is 5.32 Å². The fourth-order valence-electron chi connectivity index (χ4n) is 0.995. The molecule has 1 atom stereocenters. The fourth-order valence-corrected chi connectivity index (χ4v) is 0.995. The number of carbonyl (C=O) groups is 2. The van der Waals surface area contributed by atoms with Crippen molar-refractivity contribution in [2.45, 2.75) is 20.0 Å². The van der Waals surface area contributed by atoms with Crippen LogP contribution in [-0.2, 0) is 9.53 Å². The van der Waals surface area contributed by atoms with Crippen LogP contribution in [0.1, 0.15) is 12.5 Å². The molecule has 0 aliphatic carbocycles. The zero-order chi connectivity index (χ0) is 12.1. The molecule has 5 heteroatoms. The van der Waals surface area contributed by atoms with Crippen LogP contribution in [0.3, 0.4) is 0 Å². The summed E-state index contributed by atoms with van der Waals surface area (Å²) in [4.78, 5) is 21.6. The Balaban J connectivity index is 2.52. The number of hydrogen-bond donors (Lipinski definition) is 2. The first-order valence-corrected chi connectivity index (χ1v) is 4.76. The van der Waals surface area contributed by atoms with E-state index in [2.05, 4.69) is 10.1 Å². The predicted molar refractivity (Wildman–Crippen MR) is 58.4 cm³/mol. The molecule has 0 saturated carbocycles. The Kier molecular flexibility index (Phi) is 3.88. The number of aryl methyl sites for hydroxylation is 1. The molecule has 0 spiro atoms. The summed E-state index contributed by atoms with van der Waals surface area (Å²) in [7, 11) is 0. The third-order valence-corrected chi connectivity index (χ3v) is 1.93. The van der Waals surface area contributed by atoms with Crippen molar-refractivity contribution in [1.82, 2.24) is 0 Å².